The fourth-order valence-electron chi connectivity index (χ4n) is 2.35. The molecule has 5 nitrogen and oxygen atoms in total. The second-order valence-corrected chi connectivity index (χ2v) is 5.05. The topological polar surface area (TPSA) is 68.5 Å². The number of aromatic nitrogens is 1. The Morgan fingerprint density at radius 2 is 1.81 bits per heavy atom. The van der Waals surface area contributed by atoms with Crippen LogP contribution in [0.5, 0.6) is 11.5 Å². The lowest BCUT2D eigenvalue weighted by Gasteiger charge is -2.15. The van der Waals surface area contributed by atoms with Gasteiger partial charge in [0.2, 0.25) is 0 Å². The van der Waals surface area contributed by atoms with Gasteiger partial charge in [0.25, 0.3) is 5.91 Å². The number of benzene rings is 1. The minimum atomic E-state index is -0.0322. The Morgan fingerprint density at radius 1 is 1.10 bits per heavy atom. The Balaban J connectivity index is 1.76. The molecule has 0 spiro atoms. The molecular weight excluding hydrogens is 266 g/mol. The molecule has 1 aromatic heterocycles. The number of carbonyl (C=O) groups is 1. The fraction of sp³-hybridized carbons (Fsp3) is 0.250. The Labute approximate surface area is 123 Å². The standard InChI is InChI=1S/C16H17N3O2/c17-12-3-5-13(6-4-12)21-14-7-8-18-15(11-14)16(20)19-9-1-2-10-19/h3-8,11H,1-2,9-10,17H2. The molecule has 0 unspecified atom stereocenters. The molecule has 5 heteroatoms. The van der Waals surface area contributed by atoms with Crippen molar-refractivity contribution in [2.45, 2.75) is 12.8 Å². The quantitative estimate of drug-likeness (QED) is 0.879. The van der Waals surface area contributed by atoms with E-state index >= 15 is 0 Å². The van der Waals surface area contributed by atoms with Crippen molar-refractivity contribution >= 4 is 11.6 Å². The van der Waals surface area contributed by atoms with Crippen molar-refractivity contribution in [1.82, 2.24) is 9.88 Å². The van der Waals surface area contributed by atoms with Gasteiger partial charge in [-0.1, -0.05) is 0 Å². The lowest BCUT2D eigenvalue weighted by Crippen LogP contribution is -2.28. The van der Waals surface area contributed by atoms with E-state index < -0.39 is 0 Å². The van der Waals surface area contributed by atoms with Crippen molar-refractivity contribution in [3.05, 3.63) is 48.3 Å². The van der Waals surface area contributed by atoms with Crippen molar-refractivity contribution in [1.29, 1.82) is 0 Å². The van der Waals surface area contributed by atoms with Crippen LogP contribution in [-0.2, 0) is 0 Å². The van der Waals surface area contributed by atoms with Crippen LogP contribution in [-0.4, -0.2) is 28.9 Å². The monoisotopic (exact) mass is 283 g/mol. The number of ether oxygens (including phenoxy) is 1. The normalized spacial score (nSPS) is 14.2. The number of rotatable bonds is 3. The maximum atomic E-state index is 12.3. The summed E-state index contributed by atoms with van der Waals surface area (Å²) in [5.74, 6) is 1.24. The number of carbonyl (C=O) groups excluding carboxylic acids is 1. The molecule has 108 valence electrons. The average molecular weight is 283 g/mol. The molecule has 1 aliphatic rings. The third kappa shape index (κ3) is 3.13. The van der Waals surface area contributed by atoms with Crippen molar-refractivity contribution < 1.29 is 9.53 Å². The summed E-state index contributed by atoms with van der Waals surface area (Å²) in [5, 5.41) is 0. The van der Waals surface area contributed by atoms with Crippen LogP contribution in [0.1, 0.15) is 23.3 Å². The predicted molar refractivity (Wildman–Crippen MR) is 80.3 cm³/mol. The SMILES string of the molecule is Nc1ccc(Oc2ccnc(C(=O)N3CCCC3)c2)cc1. The largest absolute Gasteiger partial charge is 0.457 e. The first-order valence-electron chi connectivity index (χ1n) is 7.01. The summed E-state index contributed by atoms with van der Waals surface area (Å²) in [6, 6.07) is 10.5. The highest BCUT2D eigenvalue weighted by atomic mass is 16.5. The van der Waals surface area contributed by atoms with Crippen molar-refractivity contribution in [2.75, 3.05) is 18.8 Å². The summed E-state index contributed by atoms with van der Waals surface area (Å²) >= 11 is 0. The summed E-state index contributed by atoms with van der Waals surface area (Å²) in [4.78, 5) is 18.3. The van der Waals surface area contributed by atoms with Gasteiger partial charge in [-0.2, -0.15) is 0 Å². The maximum Gasteiger partial charge on any atom is 0.272 e. The summed E-state index contributed by atoms with van der Waals surface area (Å²) in [6.07, 6.45) is 3.72. The molecule has 0 atom stereocenters. The van der Waals surface area contributed by atoms with E-state index in [1.54, 1.807) is 42.6 Å². The van der Waals surface area contributed by atoms with Crippen LogP contribution < -0.4 is 10.5 Å². The third-order valence-corrected chi connectivity index (χ3v) is 3.46. The third-order valence-electron chi connectivity index (χ3n) is 3.46. The van der Waals surface area contributed by atoms with Gasteiger partial charge in [0.05, 0.1) is 0 Å². The number of nitrogens with two attached hydrogens (primary N) is 1. The first-order chi connectivity index (χ1) is 10.2. The second-order valence-electron chi connectivity index (χ2n) is 5.05. The van der Waals surface area contributed by atoms with E-state index in [-0.39, 0.29) is 5.91 Å². The Kier molecular flexibility index (Phi) is 3.73. The van der Waals surface area contributed by atoms with Crippen LogP contribution in [0.15, 0.2) is 42.6 Å². The van der Waals surface area contributed by atoms with Gasteiger partial charge in [0, 0.05) is 31.0 Å². The molecule has 0 aliphatic carbocycles. The van der Waals surface area contributed by atoms with E-state index in [0.29, 0.717) is 22.9 Å². The fourth-order valence-corrected chi connectivity index (χ4v) is 2.35. The molecule has 3 rings (SSSR count). The zero-order valence-electron chi connectivity index (χ0n) is 11.7. The minimum absolute atomic E-state index is 0.0322. The highest BCUT2D eigenvalue weighted by Crippen LogP contribution is 2.23. The van der Waals surface area contributed by atoms with Gasteiger partial charge in [0.15, 0.2) is 0 Å². The molecule has 2 aromatic rings. The molecule has 0 saturated carbocycles. The van der Waals surface area contributed by atoms with Gasteiger partial charge in [-0.25, -0.2) is 0 Å². The van der Waals surface area contributed by atoms with Crippen LogP contribution in [0.4, 0.5) is 5.69 Å². The Morgan fingerprint density at radius 3 is 2.52 bits per heavy atom. The highest BCUT2D eigenvalue weighted by Gasteiger charge is 2.20. The maximum absolute atomic E-state index is 12.3. The van der Waals surface area contributed by atoms with Crippen molar-refractivity contribution in [3.63, 3.8) is 0 Å². The lowest BCUT2D eigenvalue weighted by molar-refractivity contribution is 0.0786. The Bertz CT molecular complexity index is 634. The molecule has 0 bridgehead atoms. The number of likely N-dealkylation sites (tertiary alicyclic amines) is 1. The van der Waals surface area contributed by atoms with E-state index in [9.17, 15) is 4.79 Å². The van der Waals surface area contributed by atoms with E-state index in [0.717, 1.165) is 25.9 Å². The van der Waals surface area contributed by atoms with E-state index in [4.69, 9.17) is 10.5 Å². The molecule has 2 N–H and O–H groups in total. The molecule has 2 heterocycles. The summed E-state index contributed by atoms with van der Waals surface area (Å²) in [7, 11) is 0. The minimum Gasteiger partial charge on any atom is -0.457 e. The predicted octanol–water partition coefficient (Wildman–Crippen LogP) is 2.69. The molecule has 1 aromatic carbocycles. The van der Waals surface area contributed by atoms with Gasteiger partial charge in [-0.15, -0.1) is 0 Å². The number of amides is 1. The van der Waals surface area contributed by atoms with Gasteiger partial charge in [-0.3, -0.25) is 9.78 Å². The number of hydrogen-bond acceptors (Lipinski definition) is 4. The highest BCUT2D eigenvalue weighted by molar-refractivity contribution is 5.92. The smallest absolute Gasteiger partial charge is 0.272 e. The van der Waals surface area contributed by atoms with Crippen LogP contribution >= 0.6 is 0 Å². The van der Waals surface area contributed by atoms with E-state index in [1.807, 2.05) is 4.90 Å². The molecule has 1 fully saturated rings. The summed E-state index contributed by atoms with van der Waals surface area (Å²) in [6.45, 7) is 1.62. The number of nitrogens with zero attached hydrogens (tertiary/aromatic N) is 2. The molecule has 1 saturated heterocycles. The van der Waals surface area contributed by atoms with E-state index in [2.05, 4.69) is 4.98 Å². The van der Waals surface area contributed by atoms with Crippen molar-refractivity contribution in [2.24, 2.45) is 0 Å². The number of hydrogen-bond donors (Lipinski definition) is 1. The van der Waals surface area contributed by atoms with Gasteiger partial charge >= 0.3 is 0 Å². The van der Waals surface area contributed by atoms with Crippen LogP contribution in [0.2, 0.25) is 0 Å². The number of anilines is 1. The zero-order valence-corrected chi connectivity index (χ0v) is 11.7. The number of pyridine rings is 1. The second kappa shape index (κ2) is 5.83. The van der Waals surface area contributed by atoms with Crippen LogP contribution in [0.25, 0.3) is 0 Å². The van der Waals surface area contributed by atoms with Gasteiger partial charge in [0.1, 0.15) is 17.2 Å². The Hall–Kier alpha value is -2.56. The molecular formula is C16H17N3O2. The number of nitrogen functional groups attached to an aromatic ring is 1. The molecule has 1 amide bonds. The first kappa shape index (κ1) is 13.4. The lowest BCUT2D eigenvalue weighted by atomic mass is 10.3. The summed E-state index contributed by atoms with van der Waals surface area (Å²) in [5.41, 5.74) is 6.74. The summed E-state index contributed by atoms with van der Waals surface area (Å²) < 4.78 is 5.72. The van der Waals surface area contributed by atoms with Crippen LogP contribution in [0, 0.1) is 0 Å². The van der Waals surface area contributed by atoms with Crippen LogP contribution in [0.3, 0.4) is 0 Å². The van der Waals surface area contributed by atoms with E-state index in [1.165, 1.54) is 0 Å². The average Bonchev–Trinajstić information content (AvgIpc) is 3.03. The first-order valence-corrected chi connectivity index (χ1v) is 7.01. The molecule has 1 aliphatic heterocycles. The molecule has 21 heavy (non-hydrogen) atoms. The van der Waals surface area contributed by atoms with Gasteiger partial charge < -0.3 is 15.4 Å². The zero-order chi connectivity index (χ0) is 14.7. The molecule has 0 radical (unpaired) electrons. The van der Waals surface area contributed by atoms with Gasteiger partial charge in [-0.05, 0) is 43.2 Å². The van der Waals surface area contributed by atoms with Crippen molar-refractivity contribution in [3.8, 4) is 11.5 Å².